The molecule has 0 aliphatic rings. The standard InChI is InChI=1S/C9H13FN2O2S/c1-15-3-2-14-6-12-5-7(10)8(11)4-9(12)13/h4-5H,2-3,6,11H2,1H3. The Kier molecular flexibility index (Phi) is 4.64. The van der Waals surface area contributed by atoms with Crippen molar-refractivity contribution in [1.29, 1.82) is 0 Å². The average molecular weight is 232 g/mol. The zero-order valence-corrected chi connectivity index (χ0v) is 9.22. The molecule has 84 valence electrons. The van der Waals surface area contributed by atoms with Crippen LogP contribution in [0.4, 0.5) is 10.1 Å². The summed E-state index contributed by atoms with van der Waals surface area (Å²) in [7, 11) is 0. The van der Waals surface area contributed by atoms with Crippen LogP contribution in [0.2, 0.25) is 0 Å². The molecule has 2 N–H and O–H groups in total. The van der Waals surface area contributed by atoms with E-state index in [1.165, 1.54) is 0 Å². The van der Waals surface area contributed by atoms with E-state index in [1.807, 2.05) is 6.26 Å². The van der Waals surface area contributed by atoms with E-state index >= 15 is 0 Å². The van der Waals surface area contributed by atoms with Crippen LogP contribution < -0.4 is 11.3 Å². The average Bonchev–Trinajstić information content (AvgIpc) is 2.20. The van der Waals surface area contributed by atoms with Gasteiger partial charge in [-0.1, -0.05) is 0 Å². The lowest BCUT2D eigenvalue weighted by Gasteiger charge is -2.07. The smallest absolute Gasteiger partial charge is 0.254 e. The Balaban J connectivity index is 2.61. The van der Waals surface area contributed by atoms with Crippen molar-refractivity contribution in [2.75, 3.05) is 24.3 Å². The molecule has 0 amide bonds. The molecule has 4 nitrogen and oxygen atoms in total. The second-order valence-corrected chi connectivity index (χ2v) is 3.90. The van der Waals surface area contributed by atoms with Crippen molar-refractivity contribution < 1.29 is 9.13 Å². The summed E-state index contributed by atoms with van der Waals surface area (Å²) in [4.78, 5) is 11.3. The topological polar surface area (TPSA) is 57.2 Å². The highest BCUT2D eigenvalue weighted by Crippen LogP contribution is 2.04. The summed E-state index contributed by atoms with van der Waals surface area (Å²) >= 11 is 1.64. The Morgan fingerprint density at radius 2 is 2.40 bits per heavy atom. The van der Waals surface area contributed by atoms with Crippen molar-refractivity contribution in [3.8, 4) is 0 Å². The predicted octanol–water partition coefficient (Wildman–Crippen LogP) is 0.907. The van der Waals surface area contributed by atoms with Crippen LogP contribution in [0.25, 0.3) is 0 Å². The number of thioether (sulfide) groups is 1. The fraction of sp³-hybridized carbons (Fsp3) is 0.444. The SMILES string of the molecule is CSCCOCn1cc(F)c(N)cc1=O. The first-order chi connectivity index (χ1) is 7.15. The Morgan fingerprint density at radius 3 is 3.07 bits per heavy atom. The lowest BCUT2D eigenvalue weighted by atomic mass is 10.4. The highest BCUT2D eigenvalue weighted by atomic mass is 32.2. The van der Waals surface area contributed by atoms with Gasteiger partial charge in [-0.15, -0.1) is 0 Å². The minimum Gasteiger partial charge on any atom is -0.396 e. The van der Waals surface area contributed by atoms with Gasteiger partial charge in [-0.25, -0.2) is 4.39 Å². The first kappa shape index (κ1) is 12.1. The second-order valence-electron chi connectivity index (χ2n) is 2.91. The number of pyridine rings is 1. The maximum Gasteiger partial charge on any atom is 0.254 e. The molecule has 0 saturated heterocycles. The molecule has 6 heteroatoms. The van der Waals surface area contributed by atoms with Gasteiger partial charge in [0.15, 0.2) is 5.82 Å². The fourth-order valence-corrected chi connectivity index (χ4v) is 1.25. The minimum atomic E-state index is -0.608. The van der Waals surface area contributed by atoms with E-state index in [1.54, 1.807) is 11.8 Å². The quantitative estimate of drug-likeness (QED) is 0.766. The number of nitrogen functional groups attached to an aromatic ring is 1. The first-order valence-electron chi connectivity index (χ1n) is 4.37. The molecule has 0 aliphatic heterocycles. The number of nitrogens with zero attached hydrogens (tertiary/aromatic N) is 1. The number of ether oxygens (including phenoxy) is 1. The van der Waals surface area contributed by atoms with E-state index in [2.05, 4.69) is 0 Å². The lowest BCUT2D eigenvalue weighted by Crippen LogP contribution is -2.22. The van der Waals surface area contributed by atoms with E-state index in [-0.39, 0.29) is 18.0 Å². The van der Waals surface area contributed by atoms with Gasteiger partial charge in [0.25, 0.3) is 5.56 Å². The number of nitrogens with two attached hydrogens (primary N) is 1. The Labute approximate surface area is 91.2 Å². The number of hydrogen-bond acceptors (Lipinski definition) is 4. The zero-order chi connectivity index (χ0) is 11.3. The summed E-state index contributed by atoms with van der Waals surface area (Å²) in [5.41, 5.74) is 4.73. The van der Waals surface area contributed by atoms with Crippen LogP contribution in [0, 0.1) is 5.82 Å². The summed E-state index contributed by atoms with van der Waals surface area (Å²) in [5.74, 6) is 0.231. The van der Waals surface area contributed by atoms with Gasteiger partial charge in [0.1, 0.15) is 6.73 Å². The first-order valence-corrected chi connectivity index (χ1v) is 5.76. The van der Waals surface area contributed by atoms with Gasteiger partial charge in [-0.2, -0.15) is 11.8 Å². The maximum atomic E-state index is 13.0. The van der Waals surface area contributed by atoms with Gasteiger partial charge in [-0.05, 0) is 6.26 Å². The maximum absolute atomic E-state index is 13.0. The largest absolute Gasteiger partial charge is 0.396 e. The molecule has 0 fully saturated rings. The Bertz CT molecular complexity index is 381. The molecule has 0 bridgehead atoms. The third-order valence-corrected chi connectivity index (χ3v) is 2.34. The normalized spacial score (nSPS) is 10.5. The molecule has 0 aliphatic carbocycles. The molecule has 0 radical (unpaired) electrons. The van der Waals surface area contributed by atoms with Crippen LogP contribution in [0.15, 0.2) is 17.1 Å². The van der Waals surface area contributed by atoms with E-state index in [4.69, 9.17) is 10.5 Å². The van der Waals surface area contributed by atoms with Gasteiger partial charge in [-0.3, -0.25) is 9.36 Å². The van der Waals surface area contributed by atoms with E-state index in [0.717, 1.165) is 22.6 Å². The van der Waals surface area contributed by atoms with E-state index in [0.29, 0.717) is 6.61 Å². The second kappa shape index (κ2) is 5.77. The number of halogens is 1. The summed E-state index contributed by atoms with van der Waals surface area (Å²) in [6.45, 7) is 0.580. The highest BCUT2D eigenvalue weighted by Gasteiger charge is 2.02. The molecular formula is C9H13FN2O2S. The van der Waals surface area contributed by atoms with Crippen LogP contribution in [0.1, 0.15) is 0 Å². The van der Waals surface area contributed by atoms with Crippen molar-refractivity contribution in [3.05, 3.63) is 28.4 Å². The van der Waals surface area contributed by atoms with Gasteiger partial charge in [0.05, 0.1) is 12.3 Å². The van der Waals surface area contributed by atoms with Crippen LogP contribution in [-0.2, 0) is 11.5 Å². The molecule has 0 unspecified atom stereocenters. The van der Waals surface area contributed by atoms with Crippen molar-refractivity contribution in [2.24, 2.45) is 0 Å². The zero-order valence-electron chi connectivity index (χ0n) is 8.40. The molecule has 1 aromatic rings. The van der Waals surface area contributed by atoms with Gasteiger partial charge in [0.2, 0.25) is 0 Å². The summed E-state index contributed by atoms with van der Waals surface area (Å²) in [6, 6.07) is 1.05. The molecular weight excluding hydrogens is 219 g/mol. The molecule has 1 aromatic heterocycles. The van der Waals surface area contributed by atoms with Crippen LogP contribution in [0.3, 0.4) is 0 Å². The minimum absolute atomic E-state index is 0.0522. The molecule has 0 spiro atoms. The molecule has 15 heavy (non-hydrogen) atoms. The lowest BCUT2D eigenvalue weighted by molar-refractivity contribution is 0.0868. The monoisotopic (exact) mass is 232 g/mol. The van der Waals surface area contributed by atoms with Crippen LogP contribution in [-0.4, -0.2) is 23.2 Å². The Morgan fingerprint density at radius 1 is 1.67 bits per heavy atom. The number of hydrogen-bond donors (Lipinski definition) is 1. The van der Waals surface area contributed by atoms with Crippen LogP contribution >= 0.6 is 11.8 Å². The van der Waals surface area contributed by atoms with Crippen molar-refractivity contribution in [3.63, 3.8) is 0 Å². The van der Waals surface area contributed by atoms with Crippen LogP contribution in [0.5, 0.6) is 0 Å². The summed E-state index contributed by atoms with van der Waals surface area (Å²) in [5, 5.41) is 0. The third kappa shape index (κ3) is 3.56. The van der Waals surface area contributed by atoms with Gasteiger partial charge in [0, 0.05) is 18.0 Å². The molecule has 0 aromatic carbocycles. The third-order valence-electron chi connectivity index (χ3n) is 1.77. The number of rotatable bonds is 5. The van der Waals surface area contributed by atoms with Gasteiger partial charge < -0.3 is 10.5 Å². The molecule has 0 saturated carbocycles. The van der Waals surface area contributed by atoms with E-state index in [9.17, 15) is 9.18 Å². The predicted molar refractivity (Wildman–Crippen MR) is 59.4 cm³/mol. The van der Waals surface area contributed by atoms with E-state index < -0.39 is 5.82 Å². The van der Waals surface area contributed by atoms with Crippen molar-refractivity contribution in [2.45, 2.75) is 6.73 Å². The van der Waals surface area contributed by atoms with Gasteiger partial charge >= 0.3 is 0 Å². The number of anilines is 1. The molecule has 1 heterocycles. The van der Waals surface area contributed by atoms with Crippen molar-refractivity contribution >= 4 is 17.4 Å². The summed E-state index contributed by atoms with van der Waals surface area (Å²) < 4.78 is 19.3. The fourth-order valence-electron chi connectivity index (χ4n) is 0.966. The summed E-state index contributed by atoms with van der Waals surface area (Å²) in [6.07, 6.45) is 3.01. The van der Waals surface area contributed by atoms with Crippen molar-refractivity contribution in [1.82, 2.24) is 4.57 Å². The number of aromatic nitrogens is 1. The highest BCUT2D eigenvalue weighted by molar-refractivity contribution is 7.98. The molecule has 1 rings (SSSR count). The Hall–Kier alpha value is -1.01. The molecule has 0 atom stereocenters.